The normalized spacial score (nSPS) is 12.3. The van der Waals surface area contributed by atoms with Crippen LogP contribution >= 0.6 is 0 Å². The molecular weight excluding hydrogens is 397 g/mol. The highest BCUT2D eigenvalue weighted by molar-refractivity contribution is 7.92. The van der Waals surface area contributed by atoms with Crippen molar-refractivity contribution in [1.29, 1.82) is 0 Å². The summed E-state index contributed by atoms with van der Waals surface area (Å²) in [7, 11) is -3.94. The Kier molecular flexibility index (Phi) is 5.15. The zero-order chi connectivity index (χ0) is 20.5. The van der Waals surface area contributed by atoms with E-state index in [4.69, 9.17) is 0 Å². The van der Waals surface area contributed by atoms with E-state index in [9.17, 15) is 21.6 Å². The molecule has 0 aliphatic carbocycles. The van der Waals surface area contributed by atoms with E-state index in [-0.39, 0.29) is 17.4 Å². The first-order valence-corrected chi connectivity index (χ1v) is 9.69. The van der Waals surface area contributed by atoms with Gasteiger partial charge in [0.2, 0.25) is 0 Å². The lowest BCUT2D eigenvalue weighted by atomic mass is 10.1. The highest BCUT2D eigenvalue weighted by Gasteiger charge is 2.30. The number of halogens is 3. The summed E-state index contributed by atoms with van der Waals surface area (Å²) in [5.74, 6) is -0.185. The molecular formula is C16H17F3N6O2S. The third kappa shape index (κ3) is 4.32. The second-order valence-corrected chi connectivity index (χ2v) is 7.65. The molecule has 0 aliphatic rings. The maximum Gasteiger partial charge on any atom is 0.416 e. The molecule has 3 aromatic rings. The van der Waals surface area contributed by atoms with Gasteiger partial charge in [-0.25, -0.2) is 17.8 Å². The van der Waals surface area contributed by atoms with Crippen LogP contribution in [-0.2, 0) is 29.3 Å². The Morgan fingerprint density at radius 3 is 2.57 bits per heavy atom. The van der Waals surface area contributed by atoms with Gasteiger partial charge in [-0.3, -0.25) is 4.68 Å². The van der Waals surface area contributed by atoms with Crippen LogP contribution in [0.4, 0.5) is 19.1 Å². The largest absolute Gasteiger partial charge is 0.416 e. The molecule has 0 aliphatic heterocycles. The van der Waals surface area contributed by atoms with E-state index in [0.717, 1.165) is 12.1 Å². The molecule has 2 heterocycles. The second kappa shape index (κ2) is 7.26. The molecule has 1 N–H and O–H groups in total. The smallest absolute Gasteiger partial charge is 0.271 e. The lowest BCUT2D eigenvalue weighted by Crippen LogP contribution is -2.15. The fourth-order valence-electron chi connectivity index (χ4n) is 2.55. The van der Waals surface area contributed by atoms with Crippen LogP contribution in [0.25, 0.3) is 0 Å². The summed E-state index contributed by atoms with van der Waals surface area (Å²) in [5.41, 5.74) is -0.0820. The molecule has 0 radical (unpaired) electrons. The number of anilines is 1. The van der Waals surface area contributed by atoms with Crippen molar-refractivity contribution < 1.29 is 21.6 Å². The molecule has 12 heteroatoms. The van der Waals surface area contributed by atoms with E-state index >= 15 is 0 Å². The van der Waals surface area contributed by atoms with Gasteiger partial charge in [0, 0.05) is 12.7 Å². The van der Waals surface area contributed by atoms with Gasteiger partial charge in [-0.1, -0.05) is 12.1 Å². The van der Waals surface area contributed by atoms with Crippen molar-refractivity contribution in [2.75, 3.05) is 4.72 Å². The third-order valence-electron chi connectivity index (χ3n) is 3.88. The Balaban J connectivity index is 1.76. The molecule has 0 fully saturated rings. The van der Waals surface area contributed by atoms with Crippen LogP contribution in [0, 0.1) is 6.92 Å². The highest BCUT2D eigenvalue weighted by Crippen LogP contribution is 2.29. The van der Waals surface area contributed by atoms with Crippen LogP contribution in [0.1, 0.15) is 23.7 Å². The lowest BCUT2D eigenvalue weighted by Gasteiger charge is -2.08. The van der Waals surface area contributed by atoms with Gasteiger partial charge < -0.3 is 0 Å². The fraction of sp³-hybridized carbons (Fsp3) is 0.312. The van der Waals surface area contributed by atoms with Gasteiger partial charge in [0.05, 0.1) is 17.8 Å². The first-order chi connectivity index (χ1) is 13.1. The maximum absolute atomic E-state index is 12.8. The van der Waals surface area contributed by atoms with E-state index in [1.54, 1.807) is 6.92 Å². The number of nitrogens with zero attached hydrogens (tertiary/aromatic N) is 5. The average molecular weight is 414 g/mol. The van der Waals surface area contributed by atoms with E-state index in [2.05, 4.69) is 19.9 Å². The number of sulfonamides is 1. The first-order valence-electron chi connectivity index (χ1n) is 8.21. The minimum atomic E-state index is -4.44. The molecule has 2 aromatic heterocycles. The Morgan fingerprint density at radius 2 is 1.93 bits per heavy atom. The quantitative estimate of drug-likeness (QED) is 0.669. The van der Waals surface area contributed by atoms with Gasteiger partial charge in [0.15, 0.2) is 0 Å². The number of benzene rings is 1. The summed E-state index contributed by atoms with van der Waals surface area (Å²) < 4.78 is 68.4. The molecule has 150 valence electrons. The number of alkyl halides is 3. The molecule has 1 aromatic carbocycles. The molecule has 0 atom stereocenters. The molecule has 28 heavy (non-hydrogen) atoms. The Labute approximate surface area is 159 Å². The minimum absolute atomic E-state index is 0.00331. The van der Waals surface area contributed by atoms with Crippen molar-refractivity contribution in [3.63, 3.8) is 0 Å². The minimum Gasteiger partial charge on any atom is -0.271 e. The Morgan fingerprint density at radius 1 is 1.18 bits per heavy atom. The van der Waals surface area contributed by atoms with Gasteiger partial charge >= 0.3 is 6.18 Å². The Bertz CT molecular complexity index is 1090. The van der Waals surface area contributed by atoms with Crippen LogP contribution in [0.5, 0.6) is 0 Å². The summed E-state index contributed by atoms with van der Waals surface area (Å²) in [4.78, 5) is 3.87. The molecule has 0 saturated carbocycles. The monoisotopic (exact) mass is 414 g/mol. The molecule has 0 amide bonds. The molecule has 0 saturated heterocycles. The second-order valence-electron chi connectivity index (χ2n) is 6.00. The number of hydrogen-bond acceptors (Lipinski definition) is 5. The van der Waals surface area contributed by atoms with Gasteiger partial charge in [0.1, 0.15) is 11.2 Å². The molecule has 0 spiro atoms. The zero-order valence-electron chi connectivity index (χ0n) is 15.0. The third-order valence-corrected chi connectivity index (χ3v) is 5.31. The van der Waals surface area contributed by atoms with Gasteiger partial charge in [-0.15, -0.1) is 5.10 Å². The van der Waals surface area contributed by atoms with Crippen molar-refractivity contribution in [3.05, 3.63) is 53.6 Å². The van der Waals surface area contributed by atoms with E-state index in [0.29, 0.717) is 17.8 Å². The van der Waals surface area contributed by atoms with Crippen LogP contribution in [0.3, 0.4) is 0 Å². The highest BCUT2D eigenvalue weighted by atomic mass is 32.2. The predicted octanol–water partition coefficient (Wildman–Crippen LogP) is 2.67. The Hall–Kier alpha value is -2.89. The number of rotatable bonds is 6. The van der Waals surface area contributed by atoms with Crippen LogP contribution in [-0.4, -0.2) is 33.0 Å². The van der Waals surface area contributed by atoms with Crippen molar-refractivity contribution in [2.45, 2.75) is 38.0 Å². The summed E-state index contributed by atoms with van der Waals surface area (Å²) in [6.45, 7) is 3.92. The van der Waals surface area contributed by atoms with Gasteiger partial charge in [-0.2, -0.15) is 23.3 Å². The number of aryl methyl sites for hydroxylation is 2. The lowest BCUT2D eigenvalue weighted by molar-refractivity contribution is -0.137. The fourth-order valence-corrected chi connectivity index (χ4v) is 3.69. The van der Waals surface area contributed by atoms with Crippen molar-refractivity contribution in [3.8, 4) is 0 Å². The van der Waals surface area contributed by atoms with E-state index in [1.807, 2.05) is 6.92 Å². The van der Waals surface area contributed by atoms with Crippen molar-refractivity contribution >= 4 is 16.0 Å². The summed E-state index contributed by atoms with van der Waals surface area (Å²) in [6, 6.07) is 4.80. The van der Waals surface area contributed by atoms with Crippen LogP contribution in [0.15, 0.2) is 41.7 Å². The molecule has 0 unspecified atom stereocenters. The van der Waals surface area contributed by atoms with Crippen molar-refractivity contribution in [2.24, 2.45) is 0 Å². The topological polar surface area (TPSA) is 94.7 Å². The summed E-state index contributed by atoms with van der Waals surface area (Å²) >= 11 is 0. The molecule has 3 rings (SSSR count). The first kappa shape index (κ1) is 19.9. The standard InChI is InChI=1S/C16H17F3N6O2S/c1-3-24-9-14(11(2)21-24)28(26,27)23-15-20-10-25(22-15)8-12-5-4-6-13(7-12)16(17,18)19/h4-7,9-10H,3,8H2,1-2H3,(H,22,23). The molecule has 0 bridgehead atoms. The number of aromatic nitrogens is 5. The van der Waals surface area contributed by atoms with Crippen molar-refractivity contribution in [1.82, 2.24) is 24.5 Å². The van der Waals surface area contributed by atoms with E-state index in [1.165, 1.54) is 34.0 Å². The van der Waals surface area contributed by atoms with Crippen LogP contribution < -0.4 is 4.72 Å². The number of hydrogen-bond donors (Lipinski definition) is 1. The number of nitrogens with one attached hydrogen (secondary N) is 1. The van der Waals surface area contributed by atoms with E-state index < -0.39 is 21.8 Å². The summed E-state index contributed by atoms with van der Waals surface area (Å²) in [5, 5.41) is 8.06. The van der Waals surface area contributed by atoms with Gasteiger partial charge in [-0.05, 0) is 31.5 Å². The predicted molar refractivity (Wildman–Crippen MR) is 94.0 cm³/mol. The maximum atomic E-state index is 12.8. The zero-order valence-corrected chi connectivity index (χ0v) is 15.8. The summed E-state index contributed by atoms with van der Waals surface area (Å²) in [6.07, 6.45) is -1.81. The average Bonchev–Trinajstić information content (AvgIpc) is 3.20. The SMILES string of the molecule is CCn1cc(S(=O)(=O)Nc2ncn(Cc3cccc(C(F)(F)F)c3)n2)c(C)n1. The van der Waals surface area contributed by atoms with Gasteiger partial charge in [0.25, 0.3) is 16.0 Å². The molecule has 8 nitrogen and oxygen atoms in total. The van der Waals surface area contributed by atoms with Crippen LogP contribution in [0.2, 0.25) is 0 Å².